The lowest BCUT2D eigenvalue weighted by Crippen LogP contribution is -2.50. The molecule has 5 rings (SSSR count). The molecule has 33 heavy (non-hydrogen) atoms. The number of halogens is 3. The Morgan fingerprint density at radius 2 is 1.76 bits per heavy atom. The minimum absolute atomic E-state index is 0.412. The van der Waals surface area contributed by atoms with Gasteiger partial charge in [-0.2, -0.15) is 13.2 Å². The molecular formula is C24H23F3N4O2. The Morgan fingerprint density at radius 1 is 1.09 bits per heavy atom. The van der Waals surface area contributed by atoms with Crippen molar-refractivity contribution in [2.75, 3.05) is 7.05 Å². The molecule has 0 radical (unpaired) electrons. The number of hydrogen-bond donors (Lipinski definition) is 2. The van der Waals surface area contributed by atoms with Gasteiger partial charge in [0.2, 0.25) is 0 Å². The van der Waals surface area contributed by atoms with Crippen LogP contribution in [-0.4, -0.2) is 42.0 Å². The van der Waals surface area contributed by atoms with Crippen molar-refractivity contribution in [2.24, 2.45) is 10.8 Å². The van der Waals surface area contributed by atoms with Crippen molar-refractivity contribution >= 4 is 17.3 Å². The number of nitrogens with zero attached hydrogens (tertiary/aromatic N) is 2. The van der Waals surface area contributed by atoms with Crippen molar-refractivity contribution in [2.45, 2.75) is 43.9 Å². The molecule has 2 unspecified atom stereocenters. The number of para-hydroxylation sites is 1. The lowest BCUT2D eigenvalue weighted by atomic mass is 9.83. The Labute approximate surface area is 188 Å². The Kier molecular flexibility index (Phi) is 5.16. The lowest BCUT2D eigenvalue weighted by Gasteiger charge is -2.38. The molecule has 0 saturated carbocycles. The molecule has 2 atom stereocenters. The van der Waals surface area contributed by atoms with Crippen LogP contribution in [0.3, 0.4) is 0 Å². The molecule has 2 saturated heterocycles. The molecule has 2 bridgehead atoms. The van der Waals surface area contributed by atoms with Gasteiger partial charge in [-0.25, -0.2) is 5.84 Å². The van der Waals surface area contributed by atoms with Crippen LogP contribution in [0, 0.1) is 0 Å². The fraction of sp³-hybridized carbons (Fsp3) is 0.333. The van der Waals surface area contributed by atoms with E-state index in [0.717, 1.165) is 32.7 Å². The van der Waals surface area contributed by atoms with Crippen LogP contribution in [0.15, 0.2) is 53.0 Å². The molecule has 0 aliphatic carbocycles. The third-order valence-electron chi connectivity index (χ3n) is 6.68. The number of fused-ring (bicyclic) bond motifs is 4. The lowest BCUT2D eigenvalue weighted by molar-refractivity contribution is -0.189. The standard InChI is InChI=1S/C24H23F3N4O2/c1-29-22(30-28)13-6-9-18-20(12-13)33-19-5-3-2-4-17(19)21(18)14-10-15-7-8-16(11-14)31(15)23(32)24(25,26)27/h2-6,9,12,15-16H,7-8,10-11,28H2,1H3,(H,29,30). The number of alkyl halides is 3. The predicted octanol–water partition coefficient (Wildman–Crippen LogP) is 4.15. The van der Waals surface area contributed by atoms with Crippen molar-refractivity contribution in [3.8, 4) is 11.5 Å². The molecule has 2 fully saturated rings. The monoisotopic (exact) mass is 456 g/mol. The van der Waals surface area contributed by atoms with Crippen LogP contribution < -0.4 is 16.0 Å². The average Bonchev–Trinajstić information content (AvgIpc) is 3.05. The number of hydrogen-bond acceptors (Lipinski definition) is 4. The fourth-order valence-corrected chi connectivity index (χ4v) is 5.34. The Bertz CT molecular complexity index is 1170. The van der Waals surface area contributed by atoms with Gasteiger partial charge < -0.3 is 15.1 Å². The van der Waals surface area contributed by atoms with Crippen LogP contribution in [0.5, 0.6) is 11.5 Å². The van der Waals surface area contributed by atoms with Gasteiger partial charge in [-0.15, -0.1) is 0 Å². The normalized spacial score (nSPS) is 22.0. The van der Waals surface area contributed by atoms with E-state index in [1.807, 2.05) is 42.5 Å². The van der Waals surface area contributed by atoms with Gasteiger partial charge in [-0.1, -0.05) is 29.8 Å². The first-order chi connectivity index (χ1) is 15.8. The van der Waals surface area contributed by atoms with E-state index in [4.69, 9.17) is 10.6 Å². The number of hydrazine groups is 1. The largest absolute Gasteiger partial charge is 0.471 e. The number of nitrogens with one attached hydrogen (secondary N) is 1. The van der Waals surface area contributed by atoms with E-state index in [0.29, 0.717) is 43.0 Å². The van der Waals surface area contributed by atoms with Crippen LogP contribution in [-0.2, 0) is 4.79 Å². The molecule has 3 N–H and O–H groups in total. The highest BCUT2D eigenvalue weighted by Gasteiger charge is 2.51. The molecule has 0 spiro atoms. The van der Waals surface area contributed by atoms with Crippen LogP contribution in [0.1, 0.15) is 42.4 Å². The summed E-state index contributed by atoms with van der Waals surface area (Å²) >= 11 is 0. The third kappa shape index (κ3) is 3.56. The number of carbonyl (C=O) groups is 1. The summed E-state index contributed by atoms with van der Waals surface area (Å²) in [6.07, 6.45) is -2.88. The smallest absolute Gasteiger partial charge is 0.456 e. The van der Waals surface area contributed by atoms with Gasteiger partial charge in [-0.05, 0) is 49.5 Å². The van der Waals surface area contributed by atoms with Gasteiger partial charge >= 0.3 is 12.1 Å². The second-order valence-corrected chi connectivity index (χ2v) is 8.51. The minimum atomic E-state index is -4.85. The highest BCUT2D eigenvalue weighted by Crippen LogP contribution is 2.50. The zero-order chi connectivity index (χ0) is 23.3. The van der Waals surface area contributed by atoms with E-state index in [9.17, 15) is 18.0 Å². The van der Waals surface area contributed by atoms with Gasteiger partial charge in [-0.3, -0.25) is 9.79 Å². The number of rotatable bonds is 1. The second kappa shape index (κ2) is 7.91. The highest BCUT2D eigenvalue weighted by molar-refractivity contribution is 6.00. The van der Waals surface area contributed by atoms with Gasteiger partial charge in [0.15, 0.2) is 0 Å². The van der Waals surface area contributed by atoms with Crippen LogP contribution in [0.4, 0.5) is 13.2 Å². The van der Waals surface area contributed by atoms with E-state index < -0.39 is 24.2 Å². The highest BCUT2D eigenvalue weighted by atomic mass is 19.4. The van der Waals surface area contributed by atoms with Crippen molar-refractivity contribution in [1.82, 2.24) is 10.3 Å². The summed E-state index contributed by atoms with van der Waals surface area (Å²) in [5.41, 5.74) is 7.14. The Balaban J connectivity index is 1.60. The summed E-state index contributed by atoms with van der Waals surface area (Å²) in [6.45, 7) is 0. The Morgan fingerprint density at radius 3 is 2.39 bits per heavy atom. The topological polar surface area (TPSA) is 80.0 Å². The van der Waals surface area contributed by atoms with Gasteiger partial charge in [0.25, 0.3) is 0 Å². The fourth-order valence-electron chi connectivity index (χ4n) is 5.34. The number of amidine groups is 1. The molecule has 3 heterocycles. The van der Waals surface area contributed by atoms with E-state index in [1.54, 1.807) is 7.05 Å². The van der Waals surface area contributed by atoms with E-state index in [2.05, 4.69) is 10.4 Å². The van der Waals surface area contributed by atoms with Gasteiger partial charge in [0.1, 0.15) is 17.3 Å². The molecule has 2 aromatic carbocycles. The molecular weight excluding hydrogens is 433 g/mol. The molecule has 2 aromatic rings. The third-order valence-corrected chi connectivity index (χ3v) is 6.68. The van der Waals surface area contributed by atoms with Crippen LogP contribution in [0.25, 0.3) is 5.57 Å². The summed E-state index contributed by atoms with van der Waals surface area (Å²) in [5.74, 6) is 5.67. The maximum atomic E-state index is 13.2. The molecule has 9 heteroatoms. The molecule has 6 nitrogen and oxygen atoms in total. The molecule has 172 valence electrons. The Hall–Kier alpha value is -3.33. The van der Waals surface area contributed by atoms with E-state index >= 15 is 0 Å². The predicted molar refractivity (Wildman–Crippen MR) is 118 cm³/mol. The molecule has 1 amide bonds. The first-order valence-electron chi connectivity index (χ1n) is 10.8. The van der Waals surface area contributed by atoms with Gasteiger partial charge in [0.05, 0.1) is 0 Å². The number of piperidine rings is 1. The minimum Gasteiger partial charge on any atom is -0.456 e. The second-order valence-electron chi connectivity index (χ2n) is 8.51. The number of aliphatic imine (C=N–C) groups is 1. The zero-order valence-electron chi connectivity index (χ0n) is 17.9. The van der Waals surface area contributed by atoms with E-state index in [-0.39, 0.29) is 0 Å². The summed E-state index contributed by atoms with van der Waals surface area (Å²) in [7, 11) is 1.63. The van der Waals surface area contributed by atoms with Crippen LogP contribution in [0.2, 0.25) is 0 Å². The van der Waals surface area contributed by atoms with Crippen molar-refractivity contribution < 1.29 is 22.7 Å². The quantitative estimate of drug-likeness (QED) is 0.250. The maximum Gasteiger partial charge on any atom is 0.471 e. The zero-order valence-corrected chi connectivity index (χ0v) is 17.9. The first kappa shape index (κ1) is 21.5. The maximum absolute atomic E-state index is 13.2. The van der Waals surface area contributed by atoms with Crippen molar-refractivity contribution in [3.63, 3.8) is 0 Å². The number of amides is 1. The number of ether oxygens (including phenoxy) is 1. The number of carbonyl (C=O) groups excluding carboxylic acids is 1. The summed E-state index contributed by atoms with van der Waals surface area (Å²) in [4.78, 5) is 17.3. The number of benzene rings is 2. The average molecular weight is 456 g/mol. The summed E-state index contributed by atoms with van der Waals surface area (Å²) in [6, 6.07) is 12.4. The number of nitrogens with two attached hydrogens (primary N) is 1. The van der Waals surface area contributed by atoms with E-state index in [1.165, 1.54) is 0 Å². The van der Waals surface area contributed by atoms with Gasteiger partial charge in [0, 0.05) is 35.8 Å². The first-order valence-corrected chi connectivity index (χ1v) is 10.8. The summed E-state index contributed by atoms with van der Waals surface area (Å²) < 4.78 is 45.7. The molecule has 3 aliphatic heterocycles. The molecule has 0 aromatic heterocycles. The summed E-state index contributed by atoms with van der Waals surface area (Å²) in [5, 5.41) is 0. The van der Waals surface area contributed by atoms with Crippen LogP contribution >= 0.6 is 0 Å². The van der Waals surface area contributed by atoms with Crippen molar-refractivity contribution in [1.29, 1.82) is 0 Å². The SMILES string of the molecule is CN=C(NN)c1ccc2c(c1)Oc1ccccc1C2=C1CC2CCC(C1)N2C(=O)C(F)(F)F. The molecule has 3 aliphatic rings. The van der Waals surface area contributed by atoms with Crippen molar-refractivity contribution in [3.05, 3.63) is 64.7 Å².